The molecule has 2 nitrogen and oxygen atoms in total. The number of benzene rings is 1. The fourth-order valence-electron chi connectivity index (χ4n) is 3.06. The maximum absolute atomic E-state index is 5.45. The quantitative estimate of drug-likeness (QED) is 0.837. The Kier molecular flexibility index (Phi) is 2.62. The number of anilines is 1. The Morgan fingerprint density at radius 3 is 2.82 bits per heavy atom. The van der Waals surface area contributed by atoms with Gasteiger partial charge < -0.3 is 10.1 Å². The standard InChI is InChI=1S/C15H21NO/c1-15(2)7-3-4-14(15)16-13-6-5-11-9-17-10-12(11)8-13/h5-6,8,14,16H,3-4,7,9-10H2,1-2H3. The molecule has 1 N–H and O–H groups in total. The SMILES string of the molecule is CC1(C)CCCC1Nc1ccc2c(c1)COC2. The maximum atomic E-state index is 5.45. The summed E-state index contributed by atoms with van der Waals surface area (Å²) in [5, 5.41) is 3.71. The second kappa shape index (κ2) is 4.02. The van der Waals surface area contributed by atoms with Gasteiger partial charge in [-0.05, 0) is 41.5 Å². The van der Waals surface area contributed by atoms with Crippen molar-refractivity contribution in [2.75, 3.05) is 5.32 Å². The molecule has 1 fully saturated rings. The van der Waals surface area contributed by atoms with Crippen LogP contribution in [0, 0.1) is 5.41 Å². The molecule has 1 unspecified atom stereocenters. The molecule has 0 spiro atoms. The van der Waals surface area contributed by atoms with E-state index in [1.54, 1.807) is 0 Å². The summed E-state index contributed by atoms with van der Waals surface area (Å²) in [6.07, 6.45) is 3.97. The van der Waals surface area contributed by atoms with Crippen LogP contribution in [0.5, 0.6) is 0 Å². The van der Waals surface area contributed by atoms with Crippen molar-refractivity contribution < 1.29 is 4.74 Å². The van der Waals surface area contributed by atoms with Crippen molar-refractivity contribution in [2.24, 2.45) is 5.41 Å². The van der Waals surface area contributed by atoms with Gasteiger partial charge in [0.05, 0.1) is 13.2 Å². The van der Waals surface area contributed by atoms with Crippen LogP contribution >= 0.6 is 0 Å². The molecule has 1 aromatic carbocycles. The number of fused-ring (bicyclic) bond motifs is 1. The van der Waals surface area contributed by atoms with Gasteiger partial charge >= 0.3 is 0 Å². The first kappa shape index (κ1) is 11.1. The molecule has 0 bridgehead atoms. The van der Waals surface area contributed by atoms with E-state index >= 15 is 0 Å². The fourth-order valence-corrected chi connectivity index (χ4v) is 3.06. The number of ether oxygens (including phenoxy) is 1. The van der Waals surface area contributed by atoms with E-state index < -0.39 is 0 Å². The highest BCUT2D eigenvalue weighted by atomic mass is 16.5. The van der Waals surface area contributed by atoms with Gasteiger partial charge in [0.2, 0.25) is 0 Å². The molecule has 1 saturated carbocycles. The lowest BCUT2D eigenvalue weighted by Gasteiger charge is -2.28. The molecule has 1 heterocycles. The Labute approximate surface area is 103 Å². The smallest absolute Gasteiger partial charge is 0.0725 e. The van der Waals surface area contributed by atoms with Crippen molar-refractivity contribution in [1.29, 1.82) is 0 Å². The van der Waals surface area contributed by atoms with Gasteiger partial charge in [0.1, 0.15) is 0 Å². The lowest BCUT2D eigenvalue weighted by molar-refractivity contribution is 0.134. The predicted octanol–water partition coefficient (Wildman–Crippen LogP) is 3.71. The number of rotatable bonds is 2. The Balaban J connectivity index is 1.77. The van der Waals surface area contributed by atoms with Gasteiger partial charge in [0, 0.05) is 11.7 Å². The summed E-state index contributed by atoms with van der Waals surface area (Å²) < 4.78 is 5.45. The summed E-state index contributed by atoms with van der Waals surface area (Å²) in [5.41, 5.74) is 4.39. The van der Waals surface area contributed by atoms with Crippen LogP contribution in [0.1, 0.15) is 44.2 Å². The third kappa shape index (κ3) is 2.06. The van der Waals surface area contributed by atoms with E-state index in [4.69, 9.17) is 4.74 Å². The minimum absolute atomic E-state index is 0.426. The monoisotopic (exact) mass is 231 g/mol. The molecule has 0 radical (unpaired) electrons. The number of nitrogens with one attached hydrogen (secondary N) is 1. The Morgan fingerprint density at radius 1 is 1.24 bits per heavy atom. The van der Waals surface area contributed by atoms with Gasteiger partial charge in [0.25, 0.3) is 0 Å². The van der Waals surface area contributed by atoms with E-state index in [1.807, 2.05) is 0 Å². The first-order valence-electron chi connectivity index (χ1n) is 6.61. The van der Waals surface area contributed by atoms with Gasteiger partial charge in [-0.1, -0.05) is 26.3 Å². The minimum atomic E-state index is 0.426. The third-order valence-electron chi connectivity index (χ3n) is 4.32. The summed E-state index contributed by atoms with van der Waals surface area (Å²) in [6, 6.07) is 7.27. The Morgan fingerprint density at radius 2 is 2.06 bits per heavy atom. The molecule has 0 amide bonds. The molecule has 2 heteroatoms. The Hall–Kier alpha value is -1.02. The van der Waals surface area contributed by atoms with Crippen molar-refractivity contribution in [3.8, 4) is 0 Å². The minimum Gasteiger partial charge on any atom is -0.382 e. The van der Waals surface area contributed by atoms with E-state index in [0.29, 0.717) is 11.5 Å². The normalized spacial score (nSPS) is 25.9. The van der Waals surface area contributed by atoms with Crippen LogP contribution in [0.3, 0.4) is 0 Å². The lowest BCUT2D eigenvalue weighted by atomic mass is 9.87. The van der Waals surface area contributed by atoms with Crippen LogP contribution in [0.4, 0.5) is 5.69 Å². The second-order valence-corrected chi connectivity index (χ2v) is 6.05. The molecule has 17 heavy (non-hydrogen) atoms. The highest BCUT2D eigenvalue weighted by Gasteiger charge is 2.34. The van der Waals surface area contributed by atoms with Gasteiger partial charge in [-0.3, -0.25) is 0 Å². The topological polar surface area (TPSA) is 21.3 Å². The molecular weight excluding hydrogens is 210 g/mol. The zero-order valence-corrected chi connectivity index (χ0v) is 10.8. The molecule has 1 aromatic rings. The average molecular weight is 231 g/mol. The Bertz CT molecular complexity index is 425. The summed E-state index contributed by atoms with van der Waals surface area (Å²) in [5.74, 6) is 0. The van der Waals surface area contributed by atoms with Crippen LogP contribution in [0.2, 0.25) is 0 Å². The van der Waals surface area contributed by atoms with E-state index in [0.717, 1.165) is 13.2 Å². The van der Waals surface area contributed by atoms with Gasteiger partial charge in [-0.2, -0.15) is 0 Å². The molecule has 1 aliphatic heterocycles. The van der Waals surface area contributed by atoms with Crippen LogP contribution in [0.15, 0.2) is 18.2 Å². The summed E-state index contributed by atoms with van der Waals surface area (Å²) in [6.45, 7) is 6.30. The predicted molar refractivity (Wildman–Crippen MR) is 70.0 cm³/mol. The van der Waals surface area contributed by atoms with Crippen molar-refractivity contribution in [1.82, 2.24) is 0 Å². The zero-order valence-electron chi connectivity index (χ0n) is 10.8. The zero-order chi connectivity index (χ0) is 11.9. The molecule has 1 aliphatic carbocycles. The van der Waals surface area contributed by atoms with E-state index in [1.165, 1.54) is 36.1 Å². The number of hydrogen-bond acceptors (Lipinski definition) is 2. The summed E-state index contributed by atoms with van der Waals surface area (Å²) >= 11 is 0. The first-order valence-corrected chi connectivity index (χ1v) is 6.61. The molecule has 3 rings (SSSR count). The summed E-state index contributed by atoms with van der Waals surface area (Å²) in [4.78, 5) is 0. The van der Waals surface area contributed by atoms with Crippen LogP contribution < -0.4 is 5.32 Å². The molecule has 0 aromatic heterocycles. The first-order chi connectivity index (χ1) is 8.15. The molecule has 0 saturated heterocycles. The molecular formula is C15H21NO. The largest absolute Gasteiger partial charge is 0.382 e. The van der Waals surface area contributed by atoms with E-state index in [9.17, 15) is 0 Å². The molecule has 1 atom stereocenters. The van der Waals surface area contributed by atoms with Crippen LogP contribution in [-0.2, 0) is 18.0 Å². The van der Waals surface area contributed by atoms with Crippen LogP contribution in [-0.4, -0.2) is 6.04 Å². The summed E-state index contributed by atoms with van der Waals surface area (Å²) in [7, 11) is 0. The highest BCUT2D eigenvalue weighted by Crippen LogP contribution is 2.39. The van der Waals surface area contributed by atoms with Crippen molar-refractivity contribution in [2.45, 2.75) is 52.4 Å². The van der Waals surface area contributed by atoms with E-state index in [2.05, 4.69) is 37.4 Å². The van der Waals surface area contributed by atoms with Gasteiger partial charge in [0.15, 0.2) is 0 Å². The molecule has 92 valence electrons. The second-order valence-electron chi connectivity index (χ2n) is 6.05. The molecule has 2 aliphatic rings. The van der Waals surface area contributed by atoms with Crippen LogP contribution in [0.25, 0.3) is 0 Å². The third-order valence-corrected chi connectivity index (χ3v) is 4.32. The van der Waals surface area contributed by atoms with Crippen molar-refractivity contribution >= 4 is 5.69 Å². The van der Waals surface area contributed by atoms with Crippen molar-refractivity contribution in [3.63, 3.8) is 0 Å². The van der Waals surface area contributed by atoms with Gasteiger partial charge in [-0.25, -0.2) is 0 Å². The highest BCUT2D eigenvalue weighted by molar-refractivity contribution is 5.50. The maximum Gasteiger partial charge on any atom is 0.0725 e. The van der Waals surface area contributed by atoms with E-state index in [-0.39, 0.29) is 0 Å². The van der Waals surface area contributed by atoms with Crippen molar-refractivity contribution in [3.05, 3.63) is 29.3 Å². The fraction of sp³-hybridized carbons (Fsp3) is 0.600. The number of hydrogen-bond donors (Lipinski definition) is 1. The average Bonchev–Trinajstić information content (AvgIpc) is 2.85. The lowest BCUT2D eigenvalue weighted by Crippen LogP contribution is -2.30. The van der Waals surface area contributed by atoms with Gasteiger partial charge in [-0.15, -0.1) is 0 Å².